The summed E-state index contributed by atoms with van der Waals surface area (Å²) < 4.78 is 7.68. The van der Waals surface area contributed by atoms with E-state index in [-0.39, 0.29) is 5.91 Å². The summed E-state index contributed by atoms with van der Waals surface area (Å²) in [5, 5.41) is 0. The van der Waals surface area contributed by atoms with Crippen molar-refractivity contribution in [3.05, 3.63) is 24.2 Å². The molecule has 2 aromatic rings. The average Bonchev–Trinajstić information content (AvgIpc) is 3.20. The van der Waals surface area contributed by atoms with Crippen molar-refractivity contribution in [1.82, 2.24) is 19.4 Å². The molecule has 3 heterocycles. The van der Waals surface area contributed by atoms with E-state index in [1.165, 1.54) is 25.7 Å². The van der Waals surface area contributed by atoms with Crippen LogP contribution in [0.2, 0.25) is 0 Å². The normalized spacial score (nSPS) is 22.2. The quantitative estimate of drug-likeness (QED) is 0.845. The first-order chi connectivity index (χ1) is 12.8. The second-order valence-corrected chi connectivity index (χ2v) is 7.94. The Bertz CT molecular complexity index is 801. The smallest absolute Gasteiger partial charge is 0.256 e. The Kier molecular flexibility index (Phi) is 4.15. The van der Waals surface area contributed by atoms with E-state index >= 15 is 0 Å². The topological polar surface area (TPSA) is 60.2 Å². The lowest BCUT2D eigenvalue weighted by molar-refractivity contribution is 0.0267. The van der Waals surface area contributed by atoms with E-state index in [2.05, 4.69) is 19.4 Å². The van der Waals surface area contributed by atoms with E-state index < -0.39 is 0 Å². The average molecular weight is 354 g/mol. The van der Waals surface area contributed by atoms with Crippen LogP contribution in [-0.4, -0.2) is 50.6 Å². The monoisotopic (exact) mass is 354 g/mol. The van der Waals surface area contributed by atoms with Gasteiger partial charge in [-0.25, -0.2) is 9.97 Å². The number of rotatable bonds is 4. The molecule has 3 aliphatic rings. The van der Waals surface area contributed by atoms with E-state index in [0.717, 1.165) is 50.1 Å². The Morgan fingerprint density at radius 2 is 1.77 bits per heavy atom. The van der Waals surface area contributed by atoms with Crippen LogP contribution in [0.1, 0.15) is 67.8 Å². The number of ether oxygens (including phenoxy) is 1. The van der Waals surface area contributed by atoms with Crippen molar-refractivity contribution in [1.29, 1.82) is 0 Å². The van der Waals surface area contributed by atoms with Crippen molar-refractivity contribution >= 4 is 17.1 Å². The predicted octanol–water partition coefficient (Wildman–Crippen LogP) is 3.33. The molecular formula is C20H26N4O2. The third-order valence-corrected chi connectivity index (χ3v) is 6.14. The lowest BCUT2D eigenvalue weighted by atomic mass is 10.1. The van der Waals surface area contributed by atoms with Crippen molar-refractivity contribution in [2.75, 3.05) is 13.2 Å². The minimum absolute atomic E-state index is 0.115. The number of aromatic nitrogens is 3. The van der Waals surface area contributed by atoms with Gasteiger partial charge in [0.2, 0.25) is 0 Å². The summed E-state index contributed by atoms with van der Waals surface area (Å²) in [5.74, 6) is 0.115. The molecule has 26 heavy (non-hydrogen) atoms. The van der Waals surface area contributed by atoms with Gasteiger partial charge >= 0.3 is 0 Å². The fraction of sp³-hybridized carbons (Fsp3) is 0.650. The number of nitrogens with zero attached hydrogens (tertiary/aromatic N) is 4. The number of hydrogen-bond donors (Lipinski definition) is 0. The molecule has 2 aromatic heterocycles. The van der Waals surface area contributed by atoms with Gasteiger partial charge in [-0.2, -0.15) is 0 Å². The predicted molar refractivity (Wildman–Crippen MR) is 98.1 cm³/mol. The molecule has 3 fully saturated rings. The highest BCUT2D eigenvalue weighted by molar-refractivity contribution is 5.97. The van der Waals surface area contributed by atoms with Crippen molar-refractivity contribution in [3.63, 3.8) is 0 Å². The summed E-state index contributed by atoms with van der Waals surface area (Å²) in [6.45, 7) is 1.51. The third-order valence-electron chi connectivity index (χ3n) is 6.14. The number of carbonyl (C=O) groups excluding carboxylic acids is 1. The maximum absolute atomic E-state index is 13.2. The van der Waals surface area contributed by atoms with Crippen LogP contribution in [-0.2, 0) is 4.74 Å². The van der Waals surface area contributed by atoms with Crippen LogP contribution >= 0.6 is 0 Å². The van der Waals surface area contributed by atoms with Gasteiger partial charge < -0.3 is 14.2 Å². The molecule has 0 spiro atoms. The lowest BCUT2D eigenvalue weighted by Gasteiger charge is -2.34. The Morgan fingerprint density at radius 1 is 1.04 bits per heavy atom. The second kappa shape index (κ2) is 6.65. The molecule has 0 bridgehead atoms. The molecular weight excluding hydrogens is 328 g/mol. The number of fused-ring (bicyclic) bond motifs is 1. The fourth-order valence-corrected chi connectivity index (χ4v) is 4.58. The van der Waals surface area contributed by atoms with E-state index in [4.69, 9.17) is 4.74 Å². The third kappa shape index (κ3) is 2.90. The molecule has 1 aliphatic heterocycles. The minimum Gasteiger partial charge on any atom is -0.381 e. The van der Waals surface area contributed by atoms with Crippen LogP contribution in [0.25, 0.3) is 11.2 Å². The van der Waals surface area contributed by atoms with Crippen LogP contribution < -0.4 is 0 Å². The Morgan fingerprint density at radius 3 is 2.50 bits per heavy atom. The van der Waals surface area contributed by atoms with Gasteiger partial charge in [-0.15, -0.1) is 0 Å². The molecule has 0 atom stereocenters. The largest absolute Gasteiger partial charge is 0.381 e. The second-order valence-electron chi connectivity index (χ2n) is 7.94. The summed E-state index contributed by atoms with van der Waals surface area (Å²) in [6, 6.07) is 3.15. The maximum atomic E-state index is 13.2. The molecule has 0 N–H and O–H groups in total. The highest BCUT2D eigenvalue weighted by atomic mass is 16.5. The molecule has 6 heteroatoms. The van der Waals surface area contributed by atoms with Crippen LogP contribution in [0.3, 0.4) is 0 Å². The SMILES string of the molecule is O=C(c1cnc2c(c1)ncn2C1CCCC1)N(C1CCOCC1)C1CC1. The van der Waals surface area contributed by atoms with Crippen LogP contribution in [0.4, 0.5) is 0 Å². The number of hydrogen-bond acceptors (Lipinski definition) is 4. The van der Waals surface area contributed by atoms with Crippen molar-refractivity contribution in [2.24, 2.45) is 0 Å². The molecule has 6 nitrogen and oxygen atoms in total. The molecule has 5 rings (SSSR count). The van der Waals surface area contributed by atoms with Gasteiger partial charge in [-0.1, -0.05) is 12.8 Å². The van der Waals surface area contributed by atoms with E-state index in [1.807, 2.05) is 12.4 Å². The van der Waals surface area contributed by atoms with Gasteiger partial charge in [0.15, 0.2) is 5.65 Å². The highest BCUT2D eigenvalue weighted by Crippen LogP contribution is 2.34. The summed E-state index contributed by atoms with van der Waals surface area (Å²) in [5.41, 5.74) is 2.43. The molecule has 0 radical (unpaired) electrons. The van der Waals surface area contributed by atoms with Crippen LogP contribution in [0.5, 0.6) is 0 Å². The fourth-order valence-electron chi connectivity index (χ4n) is 4.58. The molecule has 2 aliphatic carbocycles. The summed E-state index contributed by atoms with van der Waals surface area (Å²) in [6.07, 6.45) is 12.7. The first-order valence-electron chi connectivity index (χ1n) is 10.0. The highest BCUT2D eigenvalue weighted by Gasteiger charge is 2.38. The summed E-state index contributed by atoms with van der Waals surface area (Å²) in [4.78, 5) is 24.5. The zero-order valence-electron chi connectivity index (χ0n) is 15.1. The maximum Gasteiger partial charge on any atom is 0.256 e. The van der Waals surface area contributed by atoms with Crippen molar-refractivity contribution in [3.8, 4) is 0 Å². The van der Waals surface area contributed by atoms with Gasteiger partial charge in [0.1, 0.15) is 5.52 Å². The Hall–Kier alpha value is -1.95. The first kappa shape index (κ1) is 16.2. The van der Waals surface area contributed by atoms with Gasteiger partial charge in [-0.3, -0.25) is 4.79 Å². The van der Waals surface area contributed by atoms with Crippen LogP contribution in [0, 0.1) is 0 Å². The van der Waals surface area contributed by atoms with Gasteiger partial charge in [0.05, 0.1) is 11.9 Å². The summed E-state index contributed by atoms with van der Waals surface area (Å²) >= 11 is 0. The molecule has 2 saturated carbocycles. The standard InChI is InChI=1S/C20H26N4O2/c25-20(24(16-5-6-16)17-7-9-26-10-8-17)14-11-18-19(21-12-14)23(13-22-18)15-3-1-2-4-15/h11-13,15-17H,1-10H2. The molecule has 138 valence electrons. The minimum atomic E-state index is 0.115. The molecule has 0 unspecified atom stereocenters. The molecule has 0 aromatic carbocycles. The van der Waals surface area contributed by atoms with Gasteiger partial charge in [0.25, 0.3) is 5.91 Å². The Balaban J connectivity index is 1.43. The van der Waals surface area contributed by atoms with Gasteiger partial charge in [0, 0.05) is 37.5 Å². The zero-order valence-corrected chi connectivity index (χ0v) is 15.1. The Labute approximate surface area is 153 Å². The number of imidazole rings is 1. The summed E-state index contributed by atoms with van der Waals surface area (Å²) in [7, 11) is 0. The molecule has 1 saturated heterocycles. The number of amides is 1. The molecule has 1 amide bonds. The first-order valence-corrected chi connectivity index (χ1v) is 10.0. The van der Waals surface area contributed by atoms with Gasteiger partial charge in [-0.05, 0) is 44.6 Å². The lowest BCUT2D eigenvalue weighted by Crippen LogP contribution is -2.44. The number of carbonyl (C=O) groups is 1. The van der Waals surface area contributed by atoms with Crippen LogP contribution in [0.15, 0.2) is 18.6 Å². The number of pyridine rings is 1. The van der Waals surface area contributed by atoms with Crippen molar-refractivity contribution < 1.29 is 9.53 Å². The van der Waals surface area contributed by atoms with E-state index in [9.17, 15) is 4.79 Å². The van der Waals surface area contributed by atoms with E-state index in [1.54, 1.807) is 6.20 Å². The van der Waals surface area contributed by atoms with E-state index in [0.29, 0.717) is 23.7 Å². The van der Waals surface area contributed by atoms with Crippen molar-refractivity contribution in [2.45, 2.75) is 69.5 Å². The zero-order chi connectivity index (χ0) is 17.5.